The number of imidazole rings is 2. The number of aromatic amines is 2. The first-order chi connectivity index (χ1) is 23.6. The molecule has 4 aromatic carbocycles. The highest BCUT2D eigenvalue weighted by Gasteiger charge is 2.56. The van der Waals surface area contributed by atoms with Gasteiger partial charge in [0.15, 0.2) is 0 Å². The molecule has 2 saturated carbocycles. The molecule has 6 aromatic rings. The van der Waals surface area contributed by atoms with E-state index in [1.54, 1.807) is 0 Å². The van der Waals surface area contributed by atoms with Gasteiger partial charge in [-0.25, -0.2) is 14.8 Å². The number of carbonyl (C=O) groups is 1. The molecule has 0 bridgehead atoms. The molecule has 0 unspecified atom stereocenters. The maximum absolute atomic E-state index is 13.2. The predicted molar refractivity (Wildman–Crippen MR) is 185 cm³/mol. The number of carbonyl (C=O) groups excluding carboxylic acids is 1. The lowest BCUT2D eigenvalue weighted by molar-refractivity contribution is 0.0833. The average molecular weight is 633 g/mol. The van der Waals surface area contributed by atoms with Crippen molar-refractivity contribution in [2.75, 3.05) is 0 Å². The number of aromatic nitrogens is 4. The molecule has 0 spiro atoms. The van der Waals surface area contributed by atoms with Crippen molar-refractivity contribution in [2.45, 2.75) is 56.5 Å². The Labute approximate surface area is 278 Å². The van der Waals surface area contributed by atoms with Crippen LogP contribution in [-0.4, -0.2) is 43.0 Å². The van der Waals surface area contributed by atoms with E-state index in [1.807, 2.05) is 47.6 Å². The van der Waals surface area contributed by atoms with Crippen LogP contribution >= 0.6 is 0 Å². The van der Waals surface area contributed by atoms with Crippen LogP contribution < -0.4 is 5.32 Å². The molecule has 2 aliphatic heterocycles. The molecule has 8 heteroatoms. The monoisotopic (exact) mass is 632 g/mol. The fourth-order valence-electron chi connectivity index (χ4n) is 8.04. The topological polar surface area (TPSA) is 98.9 Å². The lowest BCUT2D eigenvalue weighted by Gasteiger charge is -2.25. The van der Waals surface area contributed by atoms with E-state index in [1.165, 1.54) is 29.2 Å². The molecule has 2 saturated heterocycles. The minimum Gasteiger partial charge on any atom is -0.445 e. The summed E-state index contributed by atoms with van der Waals surface area (Å²) in [5.41, 5.74) is 7.56. The fourth-order valence-corrected chi connectivity index (χ4v) is 8.04. The third kappa shape index (κ3) is 4.99. The van der Waals surface area contributed by atoms with Crippen LogP contribution in [-0.2, 0) is 11.3 Å². The van der Waals surface area contributed by atoms with Crippen LogP contribution in [0.1, 0.15) is 55.0 Å². The zero-order chi connectivity index (χ0) is 31.8. The van der Waals surface area contributed by atoms with Crippen LogP contribution in [0.25, 0.3) is 44.4 Å². The second kappa shape index (κ2) is 10.9. The summed E-state index contributed by atoms with van der Waals surface area (Å²) in [4.78, 5) is 31.6. The Hall–Kier alpha value is -5.21. The van der Waals surface area contributed by atoms with E-state index >= 15 is 0 Å². The summed E-state index contributed by atoms with van der Waals surface area (Å²) < 4.78 is 5.72. The largest absolute Gasteiger partial charge is 0.445 e. The van der Waals surface area contributed by atoms with Crippen molar-refractivity contribution in [3.63, 3.8) is 0 Å². The van der Waals surface area contributed by atoms with Crippen molar-refractivity contribution in [1.29, 1.82) is 0 Å². The normalized spacial score (nSPS) is 25.2. The van der Waals surface area contributed by atoms with Gasteiger partial charge >= 0.3 is 6.09 Å². The number of nitrogens with one attached hydrogen (secondary N) is 3. The quantitative estimate of drug-likeness (QED) is 0.165. The third-order valence-electron chi connectivity index (χ3n) is 10.9. The minimum atomic E-state index is -0.258. The van der Waals surface area contributed by atoms with E-state index in [9.17, 15) is 4.79 Å². The van der Waals surface area contributed by atoms with Crippen molar-refractivity contribution in [3.8, 4) is 33.6 Å². The number of fused-ring (bicyclic) bond motifs is 3. The van der Waals surface area contributed by atoms with E-state index in [0.29, 0.717) is 18.0 Å². The average Bonchev–Trinajstić information content (AvgIpc) is 3.69. The third-order valence-corrected chi connectivity index (χ3v) is 10.9. The Morgan fingerprint density at radius 1 is 0.708 bits per heavy atom. The van der Waals surface area contributed by atoms with Crippen LogP contribution in [0, 0.1) is 11.8 Å². The first kappa shape index (κ1) is 27.9. The summed E-state index contributed by atoms with van der Waals surface area (Å²) in [6, 6.07) is 32.9. The van der Waals surface area contributed by atoms with Crippen LogP contribution in [0.5, 0.6) is 0 Å². The Morgan fingerprint density at radius 3 is 2.19 bits per heavy atom. The van der Waals surface area contributed by atoms with Gasteiger partial charge in [0.05, 0.1) is 35.9 Å². The second-order valence-corrected chi connectivity index (χ2v) is 14.0. The summed E-state index contributed by atoms with van der Waals surface area (Å²) >= 11 is 0. The van der Waals surface area contributed by atoms with Crippen molar-refractivity contribution >= 4 is 16.9 Å². The summed E-state index contributed by atoms with van der Waals surface area (Å²) in [6.45, 7) is 0.277. The molecule has 4 heterocycles. The lowest BCUT2D eigenvalue weighted by Crippen LogP contribution is -2.34. The first-order valence-electron chi connectivity index (χ1n) is 17.1. The molecule has 238 valence electrons. The highest BCUT2D eigenvalue weighted by atomic mass is 16.6. The molecular weight excluding hydrogens is 596 g/mol. The van der Waals surface area contributed by atoms with Crippen molar-refractivity contribution in [2.24, 2.45) is 11.8 Å². The fraction of sp³-hybridized carbons (Fsp3) is 0.275. The number of H-pyrrole nitrogens is 2. The highest BCUT2D eigenvalue weighted by Crippen LogP contribution is 2.53. The Balaban J connectivity index is 0.828. The van der Waals surface area contributed by atoms with Gasteiger partial charge in [-0.3, -0.25) is 4.90 Å². The molecule has 4 fully saturated rings. The smallest absolute Gasteiger partial charge is 0.410 e. The number of hydrogen-bond donors (Lipinski definition) is 3. The van der Waals surface area contributed by atoms with Gasteiger partial charge in [-0.15, -0.1) is 0 Å². The summed E-state index contributed by atoms with van der Waals surface area (Å²) in [6.07, 6.45) is 8.07. The lowest BCUT2D eigenvalue weighted by atomic mass is 9.98. The molecular formula is C40H36N6O2. The molecule has 48 heavy (non-hydrogen) atoms. The number of piperidine rings is 2. The van der Waals surface area contributed by atoms with Gasteiger partial charge in [0.1, 0.15) is 18.3 Å². The molecule has 4 aliphatic rings. The molecule has 8 nitrogen and oxygen atoms in total. The molecule has 2 aliphatic carbocycles. The van der Waals surface area contributed by atoms with Gasteiger partial charge in [0.25, 0.3) is 0 Å². The first-order valence-corrected chi connectivity index (χ1v) is 17.1. The van der Waals surface area contributed by atoms with E-state index in [4.69, 9.17) is 14.7 Å². The molecule has 1 amide bonds. The molecule has 3 N–H and O–H groups in total. The van der Waals surface area contributed by atoms with E-state index in [2.05, 4.69) is 75.9 Å². The number of benzene rings is 4. The molecule has 2 aromatic heterocycles. The number of amides is 1. The van der Waals surface area contributed by atoms with Crippen LogP contribution in [0.4, 0.5) is 4.79 Å². The number of hydrogen-bond acceptors (Lipinski definition) is 5. The Morgan fingerprint density at radius 2 is 1.40 bits per heavy atom. The van der Waals surface area contributed by atoms with Gasteiger partial charge in [0, 0.05) is 17.6 Å². The van der Waals surface area contributed by atoms with E-state index in [0.717, 1.165) is 64.1 Å². The molecule has 10 rings (SSSR count). The number of likely N-dealkylation sites (tertiary alicyclic amines) is 1. The SMILES string of the molecule is O=C(OCc1ccccc1)N1[C@@H]2C[C@@H]2C[C@H]1c1ncc(-c2ccc(-c3ccc4cc(-c5cnc([C@@H]6C[C@H]7C[C@H]7N6)[nH]5)ccc4c3)cc2)[nH]1. The number of ether oxygens (including phenoxy) is 1. The highest BCUT2D eigenvalue weighted by molar-refractivity contribution is 5.90. The molecule has 6 atom stereocenters. The maximum Gasteiger partial charge on any atom is 0.410 e. The zero-order valence-corrected chi connectivity index (χ0v) is 26.5. The van der Waals surface area contributed by atoms with Crippen molar-refractivity contribution in [3.05, 3.63) is 121 Å². The molecule has 0 radical (unpaired) electrons. The van der Waals surface area contributed by atoms with Crippen molar-refractivity contribution in [1.82, 2.24) is 30.2 Å². The Bertz CT molecular complexity index is 2140. The zero-order valence-electron chi connectivity index (χ0n) is 26.5. The summed E-state index contributed by atoms with van der Waals surface area (Å²) in [5.74, 6) is 3.25. The Kier molecular flexibility index (Phi) is 6.34. The van der Waals surface area contributed by atoms with Crippen LogP contribution in [0.2, 0.25) is 0 Å². The standard InChI is InChI=1S/C40H36N6O2/c47-40(48-22-23-4-2-1-3-5-23)46-36-18-31(36)19-37(46)39-42-20-34(45-39)25-8-6-24(7-9-25)26-10-11-28-15-29(13-12-27(28)14-26)35-21-41-38(44-35)33-17-30-16-32(30)43-33/h1-15,20-21,30-33,36-37,43H,16-19,22H2,(H,41,44)(H,42,45)/t30-,31-,32-,33+,36-,37+/m1/s1. The number of rotatable bonds is 7. The summed E-state index contributed by atoms with van der Waals surface area (Å²) in [5, 5.41) is 6.10. The number of nitrogens with zero attached hydrogens (tertiary/aromatic N) is 3. The van der Waals surface area contributed by atoms with Gasteiger partial charge in [-0.05, 0) is 82.7 Å². The summed E-state index contributed by atoms with van der Waals surface area (Å²) in [7, 11) is 0. The van der Waals surface area contributed by atoms with Gasteiger partial charge in [-0.1, -0.05) is 78.9 Å². The van der Waals surface area contributed by atoms with Gasteiger partial charge in [0.2, 0.25) is 0 Å². The van der Waals surface area contributed by atoms with Gasteiger partial charge < -0.3 is 20.0 Å². The maximum atomic E-state index is 13.2. The second-order valence-electron chi connectivity index (χ2n) is 14.0. The predicted octanol–water partition coefficient (Wildman–Crippen LogP) is 8.18. The van der Waals surface area contributed by atoms with E-state index in [-0.39, 0.29) is 24.8 Å². The van der Waals surface area contributed by atoms with E-state index < -0.39 is 0 Å². The van der Waals surface area contributed by atoms with Crippen LogP contribution in [0.3, 0.4) is 0 Å². The van der Waals surface area contributed by atoms with Crippen LogP contribution in [0.15, 0.2) is 103 Å². The van der Waals surface area contributed by atoms with Gasteiger partial charge in [-0.2, -0.15) is 0 Å². The minimum absolute atomic E-state index is 0.0896. The van der Waals surface area contributed by atoms with Crippen molar-refractivity contribution < 1.29 is 9.53 Å².